The van der Waals surface area contributed by atoms with Crippen LogP contribution in [-0.2, 0) is 11.3 Å². The number of piperidine rings is 1. The molecular formula is C23H31N3O2. The molecule has 4 rings (SSSR count). The van der Waals surface area contributed by atoms with Crippen LogP contribution in [0, 0.1) is 0 Å². The van der Waals surface area contributed by atoms with Crippen molar-refractivity contribution < 1.29 is 9.90 Å². The molecule has 1 amide bonds. The number of carbonyl (C=O) groups excluding carboxylic acids is 1. The Morgan fingerprint density at radius 1 is 1.00 bits per heavy atom. The minimum absolute atomic E-state index is 0.285. The summed E-state index contributed by atoms with van der Waals surface area (Å²) in [5.41, 5.74) is 1.00. The van der Waals surface area contributed by atoms with E-state index in [0.717, 1.165) is 68.4 Å². The lowest BCUT2D eigenvalue weighted by Crippen LogP contribution is -2.51. The Bertz CT molecular complexity index is 830. The molecule has 2 aliphatic heterocycles. The van der Waals surface area contributed by atoms with Crippen LogP contribution >= 0.6 is 0 Å². The molecular weight excluding hydrogens is 350 g/mol. The molecule has 0 bridgehead atoms. The first-order valence-corrected chi connectivity index (χ1v) is 10.6. The van der Waals surface area contributed by atoms with E-state index in [1.165, 1.54) is 6.42 Å². The highest BCUT2D eigenvalue weighted by Gasteiger charge is 2.26. The summed E-state index contributed by atoms with van der Waals surface area (Å²) in [5.74, 6) is 0.655. The molecule has 2 aliphatic rings. The lowest BCUT2D eigenvalue weighted by molar-refractivity contribution is -0.136. The summed E-state index contributed by atoms with van der Waals surface area (Å²) in [5, 5.41) is 12.7. The second-order valence-corrected chi connectivity index (χ2v) is 8.27. The van der Waals surface area contributed by atoms with E-state index in [2.05, 4.69) is 33.8 Å². The largest absolute Gasteiger partial charge is 0.508 e. The summed E-state index contributed by atoms with van der Waals surface area (Å²) >= 11 is 0. The molecule has 0 aliphatic carbocycles. The molecule has 0 spiro atoms. The summed E-state index contributed by atoms with van der Waals surface area (Å²) < 4.78 is 0. The predicted molar refractivity (Wildman–Crippen MR) is 112 cm³/mol. The standard InChI is InChI=1S/C23H31N3O2/c1-18-6-4-5-11-26(18)23(28)17-25-14-12-24(13-15-25)16-21-20-8-3-2-7-19(20)9-10-22(21)27/h2-3,7-10,18,27H,4-6,11-17H2,1H3/t18-/m0/s1. The SMILES string of the molecule is C[C@H]1CCCCN1C(=O)CN1CCN(Cc2c(O)ccc3ccccc23)CC1. The van der Waals surface area contributed by atoms with Crippen molar-refractivity contribution in [3.05, 3.63) is 42.0 Å². The van der Waals surface area contributed by atoms with Crippen LogP contribution in [0.15, 0.2) is 36.4 Å². The molecule has 0 saturated carbocycles. The fraction of sp³-hybridized carbons (Fsp3) is 0.522. The maximum absolute atomic E-state index is 12.7. The number of aromatic hydroxyl groups is 1. The van der Waals surface area contributed by atoms with Gasteiger partial charge in [-0.1, -0.05) is 30.3 Å². The monoisotopic (exact) mass is 381 g/mol. The number of amides is 1. The number of phenols is 1. The number of fused-ring (bicyclic) bond motifs is 1. The van der Waals surface area contributed by atoms with Gasteiger partial charge in [-0.2, -0.15) is 0 Å². The van der Waals surface area contributed by atoms with Gasteiger partial charge >= 0.3 is 0 Å². The normalized spacial score (nSPS) is 21.9. The molecule has 2 heterocycles. The van der Waals surface area contributed by atoms with Gasteiger partial charge in [0.2, 0.25) is 5.91 Å². The molecule has 0 radical (unpaired) electrons. The van der Waals surface area contributed by atoms with Crippen molar-refractivity contribution in [2.45, 2.75) is 38.8 Å². The summed E-state index contributed by atoms with van der Waals surface area (Å²) in [6, 6.07) is 12.4. The van der Waals surface area contributed by atoms with Crippen LogP contribution in [0.4, 0.5) is 0 Å². The molecule has 28 heavy (non-hydrogen) atoms. The quantitative estimate of drug-likeness (QED) is 0.884. The van der Waals surface area contributed by atoms with Gasteiger partial charge in [-0.15, -0.1) is 0 Å². The first-order chi connectivity index (χ1) is 13.6. The van der Waals surface area contributed by atoms with Gasteiger partial charge in [0.05, 0.1) is 6.54 Å². The van der Waals surface area contributed by atoms with Crippen LogP contribution in [0.5, 0.6) is 5.75 Å². The van der Waals surface area contributed by atoms with Gasteiger partial charge in [-0.05, 0) is 43.0 Å². The number of likely N-dealkylation sites (tertiary alicyclic amines) is 1. The van der Waals surface area contributed by atoms with Gasteiger partial charge in [0, 0.05) is 50.9 Å². The van der Waals surface area contributed by atoms with Gasteiger partial charge in [0.15, 0.2) is 0 Å². The number of hydrogen-bond donors (Lipinski definition) is 1. The van der Waals surface area contributed by atoms with Crippen LogP contribution in [0.2, 0.25) is 0 Å². The predicted octanol–water partition coefficient (Wildman–Crippen LogP) is 3.06. The van der Waals surface area contributed by atoms with E-state index >= 15 is 0 Å². The van der Waals surface area contributed by atoms with E-state index in [1.54, 1.807) is 6.07 Å². The molecule has 1 atom stereocenters. The Labute approximate surface area is 167 Å². The number of rotatable bonds is 4. The molecule has 2 aromatic carbocycles. The van der Waals surface area contributed by atoms with Crippen molar-refractivity contribution >= 4 is 16.7 Å². The third kappa shape index (κ3) is 4.15. The van der Waals surface area contributed by atoms with Gasteiger partial charge < -0.3 is 10.0 Å². The first-order valence-electron chi connectivity index (χ1n) is 10.6. The number of piperazine rings is 1. The number of phenolic OH excluding ortho intramolecular Hbond substituents is 1. The van der Waals surface area contributed by atoms with Crippen molar-refractivity contribution in [2.75, 3.05) is 39.3 Å². The van der Waals surface area contributed by atoms with Crippen molar-refractivity contribution in [1.82, 2.24) is 14.7 Å². The minimum Gasteiger partial charge on any atom is -0.508 e. The summed E-state index contributed by atoms with van der Waals surface area (Å²) in [7, 11) is 0. The Morgan fingerprint density at radius 2 is 1.75 bits per heavy atom. The lowest BCUT2D eigenvalue weighted by atomic mass is 10.0. The zero-order chi connectivity index (χ0) is 19.5. The highest BCUT2D eigenvalue weighted by atomic mass is 16.3. The van der Waals surface area contributed by atoms with Crippen molar-refractivity contribution in [1.29, 1.82) is 0 Å². The average Bonchev–Trinajstić information content (AvgIpc) is 2.72. The van der Waals surface area contributed by atoms with E-state index in [1.807, 2.05) is 18.2 Å². The van der Waals surface area contributed by atoms with E-state index in [4.69, 9.17) is 0 Å². The van der Waals surface area contributed by atoms with E-state index in [-0.39, 0.29) is 5.91 Å². The third-order valence-electron chi connectivity index (χ3n) is 6.34. The van der Waals surface area contributed by atoms with Crippen molar-refractivity contribution in [3.8, 4) is 5.75 Å². The summed E-state index contributed by atoms with van der Waals surface area (Å²) in [6.45, 7) is 8.03. The van der Waals surface area contributed by atoms with E-state index in [0.29, 0.717) is 18.3 Å². The first kappa shape index (κ1) is 19.2. The Morgan fingerprint density at radius 3 is 2.54 bits per heavy atom. The lowest BCUT2D eigenvalue weighted by Gasteiger charge is -2.38. The third-order valence-corrected chi connectivity index (χ3v) is 6.34. The molecule has 2 saturated heterocycles. The van der Waals surface area contributed by atoms with Gasteiger partial charge in [0.1, 0.15) is 5.75 Å². The van der Waals surface area contributed by atoms with Crippen LogP contribution in [0.3, 0.4) is 0 Å². The van der Waals surface area contributed by atoms with E-state index < -0.39 is 0 Å². The van der Waals surface area contributed by atoms with Crippen LogP contribution in [0.1, 0.15) is 31.7 Å². The molecule has 2 fully saturated rings. The van der Waals surface area contributed by atoms with Crippen molar-refractivity contribution in [2.24, 2.45) is 0 Å². The average molecular weight is 382 g/mol. The summed E-state index contributed by atoms with van der Waals surface area (Å²) in [4.78, 5) is 19.4. The van der Waals surface area contributed by atoms with Gasteiger partial charge in [0.25, 0.3) is 0 Å². The van der Waals surface area contributed by atoms with Gasteiger partial charge in [-0.25, -0.2) is 0 Å². The van der Waals surface area contributed by atoms with Crippen LogP contribution in [-0.4, -0.2) is 71.0 Å². The smallest absolute Gasteiger partial charge is 0.236 e. The topological polar surface area (TPSA) is 47.0 Å². The van der Waals surface area contributed by atoms with Crippen LogP contribution < -0.4 is 0 Å². The molecule has 150 valence electrons. The molecule has 0 unspecified atom stereocenters. The maximum atomic E-state index is 12.7. The number of nitrogens with zero attached hydrogens (tertiary/aromatic N) is 3. The van der Waals surface area contributed by atoms with Crippen LogP contribution in [0.25, 0.3) is 10.8 Å². The number of carbonyl (C=O) groups is 1. The zero-order valence-electron chi connectivity index (χ0n) is 16.8. The Kier molecular flexibility index (Phi) is 5.83. The molecule has 5 nitrogen and oxygen atoms in total. The zero-order valence-corrected chi connectivity index (χ0v) is 16.8. The second-order valence-electron chi connectivity index (χ2n) is 8.27. The number of benzene rings is 2. The number of hydrogen-bond acceptors (Lipinski definition) is 4. The molecule has 2 aromatic rings. The fourth-order valence-corrected chi connectivity index (χ4v) is 4.57. The molecule has 0 aromatic heterocycles. The minimum atomic E-state index is 0.285. The second kappa shape index (κ2) is 8.50. The van der Waals surface area contributed by atoms with E-state index in [9.17, 15) is 9.90 Å². The molecule has 5 heteroatoms. The highest BCUT2D eigenvalue weighted by Crippen LogP contribution is 2.28. The Hall–Kier alpha value is -2.11. The Balaban J connectivity index is 1.34. The summed E-state index contributed by atoms with van der Waals surface area (Å²) in [6.07, 6.45) is 3.51. The maximum Gasteiger partial charge on any atom is 0.236 e. The van der Waals surface area contributed by atoms with Crippen molar-refractivity contribution in [3.63, 3.8) is 0 Å². The fourth-order valence-electron chi connectivity index (χ4n) is 4.57. The highest BCUT2D eigenvalue weighted by molar-refractivity contribution is 5.87. The molecule has 1 N–H and O–H groups in total. The van der Waals surface area contributed by atoms with Gasteiger partial charge in [-0.3, -0.25) is 14.6 Å².